The van der Waals surface area contributed by atoms with E-state index in [1.807, 2.05) is 23.2 Å². The molecule has 0 radical (unpaired) electrons. The van der Waals surface area contributed by atoms with Gasteiger partial charge in [0.25, 0.3) is 0 Å². The Labute approximate surface area is 203 Å². The minimum atomic E-state index is -4.54. The van der Waals surface area contributed by atoms with Crippen molar-refractivity contribution in [1.29, 1.82) is 0 Å². The summed E-state index contributed by atoms with van der Waals surface area (Å²) >= 11 is 3.12. The molecule has 34 heavy (non-hydrogen) atoms. The zero-order valence-corrected chi connectivity index (χ0v) is 21.8. The minimum absolute atomic E-state index is 0.242. The molecule has 1 unspecified atom stereocenters. The van der Waals surface area contributed by atoms with Gasteiger partial charge in [-0.15, -0.1) is 0 Å². The van der Waals surface area contributed by atoms with Gasteiger partial charge in [-0.1, -0.05) is 0 Å². The second kappa shape index (κ2) is 10.1. The molecule has 3 atom stereocenters. The van der Waals surface area contributed by atoms with Crippen molar-refractivity contribution in [1.82, 2.24) is 9.34 Å². The van der Waals surface area contributed by atoms with Crippen LogP contribution < -0.4 is 0 Å². The molecule has 3 rings (SSSR count). The summed E-state index contributed by atoms with van der Waals surface area (Å²) in [6.07, 6.45) is -8.20. The van der Waals surface area contributed by atoms with E-state index in [4.69, 9.17) is 4.52 Å². The number of hydrogen-bond donors (Lipinski definition) is 0. The number of halogens is 6. The first kappa shape index (κ1) is 27.4. The molecule has 0 N–H and O–H groups in total. The SMILES string of the molecule is CCC(C)COP1(=[Se])N(C)[C@@H](c2cccc(C(F)(F)F)c2)[C@H](c2cccc(C(F)(F)F)c2)N1C. The van der Waals surface area contributed by atoms with E-state index >= 15 is 0 Å². The van der Waals surface area contributed by atoms with E-state index in [9.17, 15) is 26.3 Å². The Balaban J connectivity index is 2.15. The van der Waals surface area contributed by atoms with E-state index in [0.29, 0.717) is 17.7 Å². The Morgan fingerprint density at radius 3 is 1.65 bits per heavy atom. The van der Waals surface area contributed by atoms with Crippen LogP contribution in [0.2, 0.25) is 0 Å². The van der Waals surface area contributed by atoms with Gasteiger partial charge in [-0.2, -0.15) is 0 Å². The van der Waals surface area contributed by atoms with Gasteiger partial charge >= 0.3 is 203 Å². The Morgan fingerprint density at radius 1 is 0.882 bits per heavy atom. The monoisotopic (exact) mass is 572 g/mol. The number of likely N-dealkylation sites (N-methyl/N-ethyl adjacent to an activating group) is 2. The quantitative estimate of drug-likeness (QED) is 0.206. The van der Waals surface area contributed by atoms with Gasteiger partial charge in [-0.25, -0.2) is 0 Å². The summed E-state index contributed by atoms with van der Waals surface area (Å²) in [5, 5.41) is 0. The van der Waals surface area contributed by atoms with Crippen LogP contribution in [0.4, 0.5) is 26.3 Å². The molecule has 0 aliphatic carbocycles. The van der Waals surface area contributed by atoms with E-state index in [0.717, 1.165) is 30.7 Å². The van der Waals surface area contributed by atoms with Crippen molar-refractivity contribution >= 4 is 21.1 Å². The number of hydrogen-bond acceptors (Lipinski definition) is 3. The van der Waals surface area contributed by atoms with Crippen molar-refractivity contribution in [3.8, 4) is 0 Å². The van der Waals surface area contributed by atoms with Crippen LogP contribution in [0.15, 0.2) is 48.5 Å². The van der Waals surface area contributed by atoms with Crippen molar-refractivity contribution in [2.24, 2.45) is 5.92 Å². The fraction of sp³-hybridized carbons (Fsp3) is 0.478. The molecule has 2 aromatic carbocycles. The first-order valence-corrected chi connectivity index (χ1v) is 14.6. The number of nitrogens with zero attached hydrogens (tertiary/aromatic N) is 2. The normalized spacial score (nSPS) is 22.8. The summed E-state index contributed by atoms with van der Waals surface area (Å²) in [7, 11) is 3.49. The zero-order chi connectivity index (χ0) is 25.5. The van der Waals surface area contributed by atoms with Gasteiger partial charge in [0.1, 0.15) is 0 Å². The molecule has 1 heterocycles. The molecule has 0 amide bonds. The number of alkyl halides is 6. The summed E-state index contributed by atoms with van der Waals surface area (Å²) in [5.41, 5.74) is -0.896. The van der Waals surface area contributed by atoms with Gasteiger partial charge in [0.2, 0.25) is 0 Å². The molecule has 0 spiro atoms. The maximum atomic E-state index is 13.5. The van der Waals surface area contributed by atoms with E-state index < -0.39 is 41.6 Å². The number of benzene rings is 2. The maximum absolute atomic E-state index is 13.5. The average molecular weight is 571 g/mol. The van der Waals surface area contributed by atoms with Crippen molar-refractivity contribution in [2.75, 3.05) is 20.7 Å². The van der Waals surface area contributed by atoms with E-state index in [1.54, 1.807) is 26.2 Å². The Bertz CT molecular complexity index is 987. The van der Waals surface area contributed by atoms with Crippen LogP contribution in [0.1, 0.15) is 54.6 Å². The van der Waals surface area contributed by atoms with Gasteiger partial charge in [0.05, 0.1) is 0 Å². The molecule has 0 bridgehead atoms. The Morgan fingerprint density at radius 2 is 1.29 bits per heavy atom. The van der Waals surface area contributed by atoms with Crippen molar-refractivity contribution < 1.29 is 30.9 Å². The second-order valence-corrected chi connectivity index (χ2v) is 14.1. The van der Waals surface area contributed by atoms with E-state index in [-0.39, 0.29) is 5.92 Å². The first-order valence-electron chi connectivity index (χ1n) is 10.8. The van der Waals surface area contributed by atoms with Crippen LogP contribution in [-0.2, 0) is 16.9 Å². The molecule has 11 heteroatoms. The van der Waals surface area contributed by atoms with Gasteiger partial charge in [0.15, 0.2) is 0 Å². The predicted molar refractivity (Wildman–Crippen MR) is 122 cm³/mol. The molecule has 1 saturated heterocycles. The van der Waals surface area contributed by atoms with Gasteiger partial charge < -0.3 is 0 Å². The van der Waals surface area contributed by atoms with Crippen LogP contribution >= 0.6 is 6.04 Å². The molecule has 1 aliphatic rings. The van der Waals surface area contributed by atoms with Crippen LogP contribution in [-0.4, -0.2) is 45.1 Å². The molecular formula is C23H27F6N2OPSe. The summed E-state index contributed by atoms with van der Waals surface area (Å²) in [6.45, 7) is 4.46. The third kappa shape index (κ3) is 5.48. The molecule has 1 fully saturated rings. The fourth-order valence-corrected chi connectivity index (χ4v) is 8.13. The van der Waals surface area contributed by atoms with Gasteiger partial charge in [-0.05, 0) is 0 Å². The Hall–Kier alpha value is -1.15. The topological polar surface area (TPSA) is 15.7 Å². The summed E-state index contributed by atoms with van der Waals surface area (Å²) < 4.78 is 90.8. The molecule has 3 nitrogen and oxygen atoms in total. The van der Waals surface area contributed by atoms with Crippen molar-refractivity contribution in [3.05, 3.63) is 70.8 Å². The fourth-order valence-electron chi connectivity index (χ4n) is 4.06. The van der Waals surface area contributed by atoms with Crippen LogP contribution in [0.25, 0.3) is 0 Å². The molecule has 0 aromatic heterocycles. The molecule has 188 valence electrons. The van der Waals surface area contributed by atoms with E-state index in [2.05, 4.69) is 15.1 Å². The standard InChI is InChI=1S/C23H27F6N2OPSe/c1-5-15(2)14-32-33(34)30(3)20(16-8-6-10-18(12-16)22(24,25)26)21(31(33)4)17-9-7-11-19(13-17)23(27,28)29/h6-13,15,20-21H,5,14H2,1-4H3/t15?,20-,21-/m0/s1. The summed E-state index contributed by atoms with van der Waals surface area (Å²) in [5.74, 6) is 0.242. The predicted octanol–water partition coefficient (Wildman–Crippen LogP) is 7.29. The van der Waals surface area contributed by atoms with Crippen LogP contribution in [0.3, 0.4) is 0 Å². The number of rotatable bonds is 6. The molecule has 2 aromatic rings. The van der Waals surface area contributed by atoms with Crippen LogP contribution in [0.5, 0.6) is 0 Å². The Kier molecular flexibility index (Phi) is 8.13. The molecule has 1 aliphatic heterocycles. The second-order valence-electron chi connectivity index (χ2n) is 8.58. The first-order chi connectivity index (χ1) is 15.7. The zero-order valence-electron chi connectivity index (χ0n) is 19.2. The van der Waals surface area contributed by atoms with Crippen molar-refractivity contribution in [3.63, 3.8) is 0 Å². The van der Waals surface area contributed by atoms with Crippen LogP contribution in [0, 0.1) is 5.92 Å². The molecular weight excluding hydrogens is 544 g/mol. The third-order valence-corrected chi connectivity index (χ3v) is 12.7. The third-order valence-electron chi connectivity index (χ3n) is 6.24. The molecule has 0 saturated carbocycles. The summed E-state index contributed by atoms with van der Waals surface area (Å²) in [6, 6.07) is 5.95. The van der Waals surface area contributed by atoms with Crippen molar-refractivity contribution in [2.45, 2.75) is 44.7 Å². The van der Waals surface area contributed by atoms with Gasteiger partial charge in [0, 0.05) is 0 Å². The summed E-state index contributed by atoms with van der Waals surface area (Å²) in [4.78, 5) is 0. The average Bonchev–Trinajstić information content (AvgIpc) is 2.97. The van der Waals surface area contributed by atoms with Gasteiger partial charge in [-0.3, -0.25) is 0 Å². The van der Waals surface area contributed by atoms with E-state index in [1.165, 1.54) is 12.1 Å².